The van der Waals surface area contributed by atoms with Crippen molar-refractivity contribution in [3.8, 4) is 5.75 Å². The second-order valence-electron chi connectivity index (χ2n) is 5.54. The lowest BCUT2D eigenvalue weighted by Crippen LogP contribution is -2.34. The minimum absolute atomic E-state index is 0.409. The third-order valence-corrected chi connectivity index (χ3v) is 4.16. The SMILES string of the molecule is CCCCC(CC)CN1C(=O)C(=O)c2cc(OC)ccc21. The van der Waals surface area contributed by atoms with Crippen LogP contribution in [0.4, 0.5) is 5.69 Å². The number of benzene rings is 1. The third-order valence-electron chi connectivity index (χ3n) is 4.16. The molecule has 2 rings (SSSR count). The maximum atomic E-state index is 12.2. The zero-order valence-electron chi connectivity index (χ0n) is 13.0. The fourth-order valence-corrected chi connectivity index (χ4v) is 2.76. The molecule has 0 N–H and O–H groups in total. The lowest BCUT2D eigenvalue weighted by atomic mass is 9.98. The molecule has 0 aliphatic carbocycles. The van der Waals surface area contributed by atoms with Gasteiger partial charge in [-0.1, -0.05) is 33.1 Å². The van der Waals surface area contributed by atoms with Gasteiger partial charge in [-0.2, -0.15) is 0 Å². The zero-order valence-corrected chi connectivity index (χ0v) is 13.0. The number of amides is 1. The van der Waals surface area contributed by atoms with Gasteiger partial charge >= 0.3 is 0 Å². The molecular weight excluding hydrogens is 266 g/mol. The molecule has 1 atom stereocenters. The maximum Gasteiger partial charge on any atom is 0.299 e. The summed E-state index contributed by atoms with van der Waals surface area (Å²) in [4.78, 5) is 26.0. The number of carbonyl (C=O) groups excluding carboxylic acids is 2. The van der Waals surface area contributed by atoms with Crippen LogP contribution in [0.3, 0.4) is 0 Å². The van der Waals surface area contributed by atoms with Gasteiger partial charge in [-0.3, -0.25) is 9.59 Å². The highest BCUT2D eigenvalue weighted by molar-refractivity contribution is 6.52. The average Bonchev–Trinajstić information content (AvgIpc) is 2.75. The first-order valence-corrected chi connectivity index (χ1v) is 7.66. The highest BCUT2D eigenvalue weighted by Gasteiger charge is 2.36. The molecule has 0 spiro atoms. The number of rotatable bonds is 7. The van der Waals surface area contributed by atoms with E-state index in [1.807, 2.05) is 6.07 Å². The number of carbonyl (C=O) groups is 2. The highest BCUT2D eigenvalue weighted by Crippen LogP contribution is 2.33. The van der Waals surface area contributed by atoms with Crippen molar-refractivity contribution in [2.24, 2.45) is 5.92 Å². The highest BCUT2D eigenvalue weighted by atomic mass is 16.5. The number of hydrogen-bond donors (Lipinski definition) is 0. The van der Waals surface area contributed by atoms with Crippen LogP contribution in [0.2, 0.25) is 0 Å². The van der Waals surface area contributed by atoms with E-state index in [0.29, 0.717) is 23.8 Å². The lowest BCUT2D eigenvalue weighted by Gasteiger charge is -2.23. The number of anilines is 1. The Morgan fingerprint density at radius 1 is 1.24 bits per heavy atom. The van der Waals surface area contributed by atoms with Crippen LogP contribution in [0.25, 0.3) is 0 Å². The summed E-state index contributed by atoms with van der Waals surface area (Å²) in [5.41, 5.74) is 1.19. The van der Waals surface area contributed by atoms with Gasteiger partial charge in [0, 0.05) is 6.54 Å². The first-order valence-electron chi connectivity index (χ1n) is 7.66. The molecule has 1 unspecified atom stereocenters. The van der Waals surface area contributed by atoms with Crippen LogP contribution in [0, 0.1) is 5.92 Å². The van der Waals surface area contributed by atoms with Crippen LogP contribution in [-0.4, -0.2) is 25.3 Å². The summed E-state index contributed by atoms with van der Waals surface area (Å²) in [7, 11) is 1.55. The van der Waals surface area contributed by atoms with Crippen molar-refractivity contribution in [3.63, 3.8) is 0 Å². The Labute approximate surface area is 126 Å². The smallest absolute Gasteiger partial charge is 0.299 e. The third kappa shape index (κ3) is 3.09. The number of nitrogens with zero attached hydrogens (tertiary/aromatic N) is 1. The number of methoxy groups -OCH3 is 1. The summed E-state index contributed by atoms with van der Waals surface area (Å²) in [6.45, 7) is 4.93. The van der Waals surface area contributed by atoms with Gasteiger partial charge in [0.15, 0.2) is 0 Å². The molecule has 0 saturated carbocycles. The molecule has 1 aliphatic heterocycles. The Balaban J connectivity index is 2.22. The number of fused-ring (bicyclic) bond motifs is 1. The van der Waals surface area contributed by atoms with Gasteiger partial charge in [0.1, 0.15) is 5.75 Å². The molecule has 0 aromatic heterocycles. The molecule has 0 bridgehead atoms. The standard InChI is InChI=1S/C17H23NO3/c1-4-6-7-12(5-2)11-18-15-9-8-13(21-3)10-14(15)16(19)17(18)20/h8-10,12H,4-7,11H2,1-3H3. The lowest BCUT2D eigenvalue weighted by molar-refractivity contribution is -0.114. The van der Waals surface area contributed by atoms with Crippen molar-refractivity contribution in [1.82, 2.24) is 0 Å². The van der Waals surface area contributed by atoms with Gasteiger partial charge in [-0.05, 0) is 30.5 Å². The molecule has 4 nitrogen and oxygen atoms in total. The Bertz CT molecular complexity index is 539. The van der Waals surface area contributed by atoms with Crippen LogP contribution in [0.15, 0.2) is 18.2 Å². The molecule has 21 heavy (non-hydrogen) atoms. The van der Waals surface area contributed by atoms with Gasteiger partial charge in [0.05, 0.1) is 18.4 Å². The van der Waals surface area contributed by atoms with E-state index in [9.17, 15) is 9.59 Å². The zero-order chi connectivity index (χ0) is 15.4. The second-order valence-corrected chi connectivity index (χ2v) is 5.54. The van der Waals surface area contributed by atoms with Crippen LogP contribution in [-0.2, 0) is 4.79 Å². The van der Waals surface area contributed by atoms with E-state index in [1.54, 1.807) is 24.1 Å². The first kappa shape index (κ1) is 15.5. The molecule has 0 radical (unpaired) electrons. The summed E-state index contributed by atoms with van der Waals surface area (Å²) < 4.78 is 5.13. The van der Waals surface area contributed by atoms with Gasteiger partial charge in [0.2, 0.25) is 0 Å². The number of Topliss-reactive ketones (excluding diaryl/α,β-unsaturated/α-hetero) is 1. The Morgan fingerprint density at radius 2 is 2.00 bits per heavy atom. The summed E-state index contributed by atoms with van der Waals surface area (Å²) in [5, 5.41) is 0. The topological polar surface area (TPSA) is 46.6 Å². The van der Waals surface area contributed by atoms with Gasteiger partial charge < -0.3 is 9.64 Å². The fraction of sp³-hybridized carbons (Fsp3) is 0.529. The largest absolute Gasteiger partial charge is 0.497 e. The van der Waals surface area contributed by atoms with Gasteiger partial charge in [0.25, 0.3) is 11.7 Å². The van der Waals surface area contributed by atoms with Crippen molar-refractivity contribution in [2.75, 3.05) is 18.6 Å². The Hall–Kier alpha value is -1.84. The average molecular weight is 289 g/mol. The summed E-state index contributed by atoms with van der Waals surface area (Å²) in [6.07, 6.45) is 4.42. The van der Waals surface area contributed by atoms with Crippen molar-refractivity contribution >= 4 is 17.4 Å². The Morgan fingerprint density at radius 3 is 2.62 bits per heavy atom. The molecule has 4 heteroatoms. The number of ether oxygens (including phenoxy) is 1. The summed E-state index contributed by atoms with van der Waals surface area (Å²) >= 11 is 0. The molecule has 1 aromatic carbocycles. The molecule has 1 aliphatic rings. The molecule has 1 amide bonds. The van der Waals surface area contributed by atoms with Gasteiger partial charge in [-0.25, -0.2) is 0 Å². The minimum atomic E-state index is -0.422. The molecule has 114 valence electrons. The number of ketones is 1. The van der Waals surface area contributed by atoms with Crippen LogP contribution < -0.4 is 9.64 Å². The van der Waals surface area contributed by atoms with E-state index in [4.69, 9.17) is 4.74 Å². The number of hydrogen-bond acceptors (Lipinski definition) is 3. The van der Waals surface area contributed by atoms with E-state index in [-0.39, 0.29) is 0 Å². The van der Waals surface area contributed by atoms with Crippen LogP contribution in [0.5, 0.6) is 5.75 Å². The van der Waals surface area contributed by atoms with Crippen molar-refractivity contribution in [3.05, 3.63) is 23.8 Å². The molecule has 1 aromatic rings. The van der Waals surface area contributed by atoms with Crippen molar-refractivity contribution < 1.29 is 14.3 Å². The predicted octanol–water partition coefficient (Wildman–Crippen LogP) is 3.44. The minimum Gasteiger partial charge on any atom is -0.497 e. The molecular formula is C17H23NO3. The summed E-state index contributed by atoms with van der Waals surface area (Å²) in [5.74, 6) is 0.215. The van der Waals surface area contributed by atoms with Crippen LogP contribution in [0.1, 0.15) is 49.9 Å². The quantitative estimate of drug-likeness (QED) is 0.722. The Kier molecular flexibility index (Phi) is 4.99. The van der Waals surface area contributed by atoms with Crippen LogP contribution >= 0.6 is 0 Å². The van der Waals surface area contributed by atoms with E-state index >= 15 is 0 Å². The molecule has 0 saturated heterocycles. The monoisotopic (exact) mass is 289 g/mol. The normalized spacial score (nSPS) is 15.3. The van der Waals surface area contributed by atoms with E-state index in [1.165, 1.54) is 0 Å². The van der Waals surface area contributed by atoms with Gasteiger partial charge in [-0.15, -0.1) is 0 Å². The van der Waals surface area contributed by atoms with E-state index in [2.05, 4.69) is 13.8 Å². The van der Waals surface area contributed by atoms with Crippen molar-refractivity contribution in [1.29, 1.82) is 0 Å². The molecule has 0 fully saturated rings. The fourth-order valence-electron chi connectivity index (χ4n) is 2.76. The first-order chi connectivity index (χ1) is 10.1. The number of unbranched alkanes of at least 4 members (excludes halogenated alkanes) is 1. The van der Waals surface area contributed by atoms with E-state index in [0.717, 1.165) is 31.4 Å². The maximum absolute atomic E-state index is 12.2. The predicted molar refractivity (Wildman–Crippen MR) is 83.0 cm³/mol. The molecule has 1 heterocycles. The van der Waals surface area contributed by atoms with E-state index < -0.39 is 11.7 Å². The second kappa shape index (κ2) is 6.74. The van der Waals surface area contributed by atoms with Crippen molar-refractivity contribution in [2.45, 2.75) is 39.5 Å². The summed E-state index contributed by atoms with van der Waals surface area (Å²) in [6, 6.07) is 5.26.